The molecular formula is C23H24ClN5O2S. The van der Waals surface area contributed by atoms with Gasteiger partial charge in [-0.1, -0.05) is 54.8 Å². The number of carbonyl (C=O) groups excluding carboxylic acids is 1. The number of thioether (sulfide) groups is 1. The maximum atomic E-state index is 12.3. The lowest BCUT2D eigenvalue weighted by Gasteiger charge is -2.25. The monoisotopic (exact) mass is 469 g/mol. The molecule has 0 radical (unpaired) electrons. The van der Waals surface area contributed by atoms with Gasteiger partial charge in [-0.05, 0) is 49.2 Å². The van der Waals surface area contributed by atoms with Crippen LogP contribution in [-0.4, -0.2) is 37.7 Å². The highest BCUT2D eigenvalue weighted by atomic mass is 35.5. The van der Waals surface area contributed by atoms with Crippen molar-refractivity contribution in [1.29, 1.82) is 0 Å². The highest BCUT2D eigenvalue weighted by Gasteiger charge is 2.24. The average molecular weight is 470 g/mol. The zero-order valence-electron chi connectivity index (χ0n) is 17.4. The van der Waals surface area contributed by atoms with Crippen molar-refractivity contribution in [3.05, 3.63) is 59.1 Å². The molecule has 2 N–H and O–H groups in total. The maximum absolute atomic E-state index is 12.3. The van der Waals surface area contributed by atoms with Crippen LogP contribution in [0.2, 0.25) is 5.02 Å². The van der Waals surface area contributed by atoms with Gasteiger partial charge in [0, 0.05) is 22.2 Å². The molecule has 0 atom stereocenters. The van der Waals surface area contributed by atoms with Crippen molar-refractivity contribution in [2.45, 2.75) is 43.3 Å². The summed E-state index contributed by atoms with van der Waals surface area (Å²) in [6, 6.07) is 14.7. The van der Waals surface area contributed by atoms with E-state index in [0.717, 1.165) is 29.4 Å². The van der Waals surface area contributed by atoms with Gasteiger partial charge in [-0.2, -0.15) is 5.10 Å². The molecule has 32 heavy (non-hydrogen) atoms. The second kappa shape index (κ2) is 10.7. The van der Waals surface area contributed by atoms with Crippen LogP contribution in [0.5, 0.6) is 5.75 Å². The van der Waals surface area contributed by atoms with Gasteiger partial charge in [0.25, 0.3) is 5.91 Å². The van der Waals surface area contributed by atoms with Crippen LogP contribution in [0, 0.1) is 0 Å². The molecule has 1 heterocycles. The van der Waals surface area contributed by atoms with E-state index >= 15 is 0 Å². The number of para-hydroxylation sites is 1. The van der Waals surface area contributed by atoms with E-state index in [4.69, 9.17) is 11.6 Å². The Balaban J connectivity index is 1.46. The summed E-state index contributed by atoms with van der Waals surface area (Å²) in [7, 11) is 0. The van der Waals surface area contributed by atoms with Crippen molar-refractivity contribution in [2.24, 2.45) is 5.10 Å². The second-order valence-corrected chi connectivity index (χ2v) is 8.99. The third-order valence-corrected chi connectivity index (χ3v) is 6.56. The summed E-state index contributed by atoms with van der Waals surface area (Å²) in [5, 5.41) is 23.9. The summed E-state index contributed by atoms with van der Waals surface area (Å²) in [5.74, 6) is 0.806. The molecule has 9 heteroatoms. The van der Waals surface area contributed by atoms with Crippen LogP contribution in [0.25, 0.3) is 11.4 Å². The van der Waals surface area contributed by atoms with Crippen molar-refractivity contribution in [1.82, 2.24) is 20.2 Å². The highest BCUT2D eigenvalue weighted by Crippen LogP contribution is 2.35. The molecule has 0 aliphatic heterocycles. The molecule has 0 bridgehead atoms. The number of phenols is 1. The quantitative estimate of drug-likeness (QED) is 0.287. The number of nitrogens with one attached hydrogen (secondary N) is 1. The van der Waals surface area contributed by atoms with E-state index < -0.39 is 0 Å². The van der Waals surface area contributed by atoms with E-state index in [2.05, 4.69) is 25.3 Å². The van der Waals surface area contributed by atoms with Crippen molar-refractivity contribution in [3.63, 3.8) is 0 Å². The molecule has 0 unspecified atom stereocenters. The van der Waals surface area contributed by atoms with Crippen molar-refractivity contribution < 1.29 is 9.90 Å². The van der Waals surface area contributed by atoms with Gasteiger partial charge >= 0.3 is 0 Å². The first-order valence-corrected chi connectivity index (χ1v) is 11.9. The second-order valence-electron chi connectivity index (χ2n) is 7.62. The summed E-state index contributed by atoms with van der Waals surface area (Å²) in [6.45, 7) is 0. The number of nitrogens with zero attached hydrogens (tertiary/aromatic N) is 4. The maximum Gasteiger partial charge on any atom is 0.250 e. The Morgan fingerprint density at radius 3 is 2.66 bits per heavy atom. The number of hydrogen-bond acceptors (Lipinski definition) is 6. The molecule has 2 aromatic carbocycles. The predicted molar refractivity (Wildman–Crippen MR) is 127 cm³/mol. The first-order valence-electron chi connectivity index (χ1n) is 10.6. The lowest BCUT2D eigenvalue weighted by Crippen LogP contribution is -2.20. The average Bonchev–Trinajstić information content (AvgIpc) is 3.24. The molecular weight excluding hydrogens is 446 g/mol. The SMILES string of the molecule is O=C(CSc1nnc(-c2ccc(Cl)cc2)n1C1CCCCC1)N/N=C\c1ccccc1O. The fourth-order valence-electron chi connectivity index (χ4n) is 3.77. The largest absolute Gasteiger partial charge is 0.507 e. The van der Waals surface area contributed by atoms with Crippen LogP contribution in [0.1, 0.15) is 43.7 Å². The minimum Gasteiger partial charge on any atom is -0.507 e. The van der Waals surface area contributed by atoms with Crippen molar-refractivity contribution in [3.8, 4) is 17.1 Å². The Labute approximate surface area is 195 Å². The lowest BCUT2D eigenvalue weighted by molar-refractivity contribution is -0.118. The van der Waals surface area contributed by atoms with Crippen LogP contribution in [0.4, 0.5) is 0 Å². The molecule has 7 nitrogen and oxygen atoms in total. The molecule has 3 aromatic rings. The molecule has 1 aromatic heterocycles. The predicted octanol–water partition coefficient (Wildman–Crippen LogP) is 5.05. The molecule has 1 aliphatic rings. The number of benzene rings is 2. The number of amides is 1. The lowest BCUT2D eigenvalue weighted by atomic mass is 9.95. The van der Waals surface area contributed by atoms with Gasteiger partial charge in [-0.3, -0.25) is 9.36 Å². The zero-order chi connectivity index (χ0) is 22.3. The smallest absolute Gasteiger partial charge is 0.250 e. The van der Waals surface area contributed by atoms with Crippen LogP contribution >= 0.6 is 23.4 Å². The summed E-state index contributed by atoms with van der Waals surface area (Å²) in [4.78, 5) is 12.3. The number of aromatic hydroxyl groups is 1. The van der Waals surface area contributed by atoms with Crippen LogP contribution < -0.4 is 5.43 Å². The Bertz CT molecular complexity index is 1090. The van der Waals surface area contributed by atoms with E-state index in [1.165, 1.54) is 37.2 Å². The van der Waals surface area contributed by atoms with Crippen LogP contribution in [-0.2, 0) is 4.79 Å². The number of halogens is 1. The Morgan fingerprint density at radius 2 is 1.91 bits per heavy atom. The third kappa shape index (κ3) is 5.49. The highest BCUT2D eigenvalue weighted by molar-refractivity contribution is 7.99. The Hall–Kier alpha value is -2.84. The fourth-order valence-corrected chi connectivity index (χ4v) is 4.70. The van der Waals surface area contributed by atoms with E-state index in [0.29, 0.717) is 16.6 Å². The Morgan fingerprint density at radius 1 is 1.16 bits per heavy atom. The van der Waals surface area contributed by atoms with Crippen LogP contribution in [0.15, 0.2) is 58.8 Å². The van der Waals surface area contributed by atoms with Crippen LogP contribution in [0.3, 0.4) is 0 Å². The number of hydrogen-bond donors (Lipinski definition) is 2. The Kier molecular flexibility index (Phi) is 7.44. The van der Waals surface area contributed by atoms with E-state index in [-0.39, 0.29) is 17.4 Å². The van der Waals surface area contributed by atoms with Gasteiger partial charge in [0.2, 0.25) is 0 Å². The minimum atomic E-state index is -0.257. The first kappa shape index (κ1) is 22.4. The van der Waals surface area contributed by atoms with E-state index in [1.807, 2.05) is 24.3 Å². The molecule has 1 aliphatic carbocycles. The van der Waals surface area contributed by atoms with Gasteiger partial charge in [0.15, 0.2) is 11.0 Å². The van der Waals surface area contributed by atoms with Gasteiger partial charge in [-0.25, -0.2) is 5.43 Å². The molecule has 1 saturated carbocycles. The summed E-state index contributed by atoms with van der Waals surface area (Å²) in [5.41, 5.74) is 3.99. The first-order chi connectivity index (χ1) is 15.6. The molecule has 166 valence electrons. The summed E-state index contributed by atoms with van der Waals surface area (Å²) >= 11 is 7.39. The molecule has 1 amide bonds. The van der Waals surface area contributed by atoms with E-state index in [9.17, 15) is 9.90 Å². The molecule has 4 rings (SSSR count). The number of aromatic nitrogens is 3. The zero-order valence-corrected chi connectivity index (χ0v) is 19.0. The summed E-state index contributed by atoms with van der Waals surface area (Å²) < 4.78 is 2.17. The number of hydrazone groups is 1. The number of phenolic OH excluding ortho intramolecular Hbond substituents is 1. The van der Waals surface area contributed by atoms with Gasteiger partial charge in [0.1, 0.15) is 5.75 Å². The normalized spacial score (nSPS) is 14.7. The van der Waals surface area contributed by atoms with Gasteiger partial charge in [-0.15, -0.1) is 10.2 Å². The van der Waals surface area contributed by atoms with Crippen molar-refractivity contribution >= 4 is 35.5 Å². The van der Waals surface area contributed by atoms with Gasteiger partial charge in [0.05, 0.1) is 12.0 Å². The fraction of sp³-hybridized carbons (Fsp3) is 0.304. The topological polar surface area (TPSA) is 92.4 Å². The number of carbonyl (C=O) groups is 1. The standard InChI is InChI=1S/C23H24ClN5O2S/c24-18-12-10-16(11-13-18)22-27-28-23(29(22)19-7-2-1-3-8-19)32-15-21(31)26-25-14-17-6-4-5-9-20(17)30/h4-6,9-14,19,30H,1-3,7-8,15H2,(H,26,31)/b25-14-. The van der Waals surface area contributed by atoms with Crippen molar-refractivity contribution in [2.75, 3.05) is 5.75 Å². The number of rotatable bonds is 7. The third-order valence-electron chi connectivity index (χ3n) is 5.37. The molecule has 0 spiro atoms. The molecule has 0 saturated heterocycles. The van der Waals surface area contributed by atoms with Gasteiger partial charge < -0.3 is 5.11 Å². The minimum absolute atomic E-state index is 0.107. The molecule has 1 fully saturated rings. The van der Waals surface area contributed by atoms with E-state index in [1.54, 1.807) is 24.3 Å². The summed E-state index contributed by atoms with van der Waals surface area (Å²) in [6.07, 6.45) is 7.16.